The largest absolute Gasteiger partial charge is 0.225 e. The molecule has 1 rings (SSSR count). The van der Waals surface area contributed by atoms with E-state index in [1.165, 1.54) is 5.41 Å². The lowest BCUT2D eigenvalue weighted by Gasteiger charge is -1.97. The summed E-state index contributed by atoms with van der Waals surface area (Å²) in [4.78, 5) is 0. The molecule has 70 valence electrons. The van der Waals surface area contributed by atoms with Crippen LogP contribution >= 0.6 is 15.9 Å². The zero-order chi connectivity index (χ0) is 9.90. The van der Waals surface area contributed by atoms with Gasteiger partial charge in [0.1, 0.15) is 0 Å². The van der Waals surface area contributed by atoms with E-state index in [9.17, 15) is 8.42 Å². The fourth-order valence-electron chi connectivity index (χ4n) is 0.853. The summed E-state index contributed by atoms with van der Waals surface area (Å²) in [5.41, 5.74) is 0.855. The molecule has 4 heteroatoms. The Morgan fingerprint density at radius 3 is 2.31 bits per heavy atom. The van der Waals surface area contributed by atoms with Crippen molar-refractivity contribution in [2.75, 3.05) is 6.26 Å². The molecule has 2 nitrogen and oxygen atoms in total. The first-order valence-corrected chi connectivity index (χ1v) is 6.36. The van der Waals surface area contributed by atoms with Crippen LogP contribution in [0.25, 0.3) is 4.48 Å². The summed E-state index contributed by atoms with van der Waals surface area (Å²) in [5, 5.41) is 1.20. The van der Waals surface area contributed by atoms with E-state index in [0.29, 0.717) is 4.48 Å². The summed E-state index contributed by atoms with van der Waals surface area (Å²) < 4.78 is 22.4. The second-order valence-electron chi connectivity index (χ2n) is 2.66. The Morgan fingerprint density at radius 1 is 1.31 bits per heavy atom. The Morgan fingerprint density at radius 2 is 1.85 bits per heavy atom. The zero-order valence-corrected chi connectivity index (χ0v) is 9.47. The number of hydrogen-bond acceptors (Lipinski definition) is 2. The molecule has 0 unspecified atom stereocenters. The third-order valence-electron chi connectivity index (χ3n) is 1.37. The van der Waals surface area contributed by atoms with Crippen LogP contribution in [-0.4, -0.2) is 14.7 Å². The highest BCUT2D eigenvalue weighted by atomic mass is 79.9. The first-order chi connectivity index (χ1) is 5.99. The van der Waals surface area contributed by atoms with Gasteiger partial charge >= 0.3 is 0 Å². The van der Waals surface area contributed by atoms with E-state index in [1.807, 2.05) is 30.3 Å². The van der Waals surface area contributed by atoms with Gasteiger partial charge in [0.25, 0.3) is 0 Å². The molecule has 0 aliphatic rings. The van der Waals surface area contributed by atoms with Crippen molar-refractivity contribution in [3.05, 3.63) is 41.3 Å². The molecule has 0 saturated heterocycles. The summed E-state index contributed by atoms with van der Waals surface area (Å²) in [5.74, 6) is 0. The molecule has 0 radical (unpaired) electrons. The average Bonchev–Trinajstić information content (AvgIpc) is 2.03. The molecule has 0 fully saturated rings. The standard InChI is InChI=1S/C9H9BrO2S/c1-13(11,12)7-9(10)8-5-3-2-4-6-8/h2-7H,1H3. The van der Waals surface area contributed by atoms with E-state index in [-0.39, 0.29) is 0 Å². The summed E-state index contributed by atoms with van der Waals surface area (Å²) in [7, 11) is -3.08. The van der Waals surface area contributed by atoms with Gasteiger partial charge in [0.15, 0.2) is 9.84 Å². The quantitative estimate of drug-likeness (QED) is 0.819. The summed E-state index contributed by atoms with van der Waals surface area (Å²) in [6, 6.07) is 9.27. The molecule has 0 heterocycles. The second kappa shape index (κ2) is 4.07. The van der Waals surface area contributed by atoms with Crippen LogP contribution < -0.4 is 0 Å². The normalized spacial score (nSPS) is 12.9. The topological polar surface area (TPSA) is 34.1 Å². The highest BCUT2D eigenvalue weighted by Gasteiger charge is 2.01. The number of sulfone groups is 1. The zero-order valence-electron chi connectivity index (χ0n) is 7.07. The molecule has 0 aromatic heterocycles. The van der Waals surface area contributed by atoms with Gasteiger partial charge < -0.3 is 0 Å². The first-order valence-electron chi connectivity index (χ1n) is 3.62. The van der Waals surface area contributed by atoms with E-state index >= 15 is 0 Å². The van der Waals surface area contributed by atoms with Crippen LogP contribution in [-0.2, 0) is 9.84 Å². The Kier molecular flexibility index (Phi) is 3.27. The van der Waals surface area contributed by atoms with Crippen molar-refractivity contribution in [1.29, 1.82) is 0 Å². The van der Waals surface area contributed by atoms with Crippen molar-refractivity contribution in [3.8, 4) is 0 Å². The van der Waals surface area contributed by atoms with Gasteiger partial charge in [-0.15, -0.1) is 0 Å². The minimum absolute atomic E-state index is 0.579. The van der Waals surface area contributed by atoms with Gasteiger partial charge in [0, 0.05) is 16.1 Å². The first kappa shape index (κ1) is 10.5. The van der Waals surface area contributed by atoms with Crippen LogP contribution in [0.15, 0.2) is 35.7 Å². The van der Waals surface area contributed by atoms with Crippen molar-refractivity contribution in [1.82, 2.24) is 0 Å². The monoisotopic (exact) mass is 260 g/mol. The van der Waals surface area contributed by atoms with E-state index in [4.69, 9.17) is 0 Å². The average molecular weight is 261 g/mol. The fourth-order valence-corrected chi connectivity index (χ4v) is 2.65. The van der Waals surface area contributed by atoms with Gasteiger partial charge in [-0.2, -0.15) is 0 Å². The minimum Gasteiger partial charge on any atom is -0.225 e. The molecule has 0 amide bonds. The molecule has 0 spiro atoms. The Hall–Kier alpha value is -0.610. The molecular weight excluding hydrogens is 252 g/mol. The van der Waals surface area contributed by atoms with Crippen LogP contribution in [0.1, 0.15) is 5.56 Å². The van der Waals surface area contributed by atoms with Crippen molar-refractivity contribution < 1.29 is 8.42 Å². The smallest absolute Gasteiger partial charge is 0.169 e. The van der Waals surface area contributed by atoms with Gasteiger partial charge in [-0.1, -0.05) is 30.3 Å². The van der Waals surface area contributed by atoms with Crippen molar-refractivity contribution in [3.63, 3.8) is 0 Å². The summed E-state index contributed by atoms with van der Waals surface area (Å²) >= 11 is 3.20. The fraction of sp³-hybridized carbons (Fsp3) is 0.111. The molecule has 1 aromatic carbocycles. The van der Waals surface area contributed by atoms with E-state index in [0.717, 1.165) is 11.8 Å². The molecular formula is C9H9BrO2S. The lowest BCUT2D eigenvalue weighted by molar-refractivity contribution is 0.610. The van der Waals surface area contributed by atoms with E-state index < -0.39 is 9.84 Å². The predicted molar refractivity (Wildman–Crippen MR) is 58.2 cm³/mol. The maximum Gasteiger partial charge on any atom is 0.169 e. The van der Waals surface area contributed by atoms with Gasteiger partial charge in [-0.3, -0.25) is 0 Å². The molecule has 0 bridgehead atoms. The van der Waals surface area contributed by atoms with Gasteiger partial charge in [-0.25, -0.2) is 8.42 Å². The summed E-state index contributed by atoms with van der Waals surface area (Å²) in [6.45, 7) is 0. The molecule has 13 heavy (non-hydrogen) atoms. The Balaban J connectivity index is 3.06. The minimum atomic E-state index is -3.08. The molecule has 0 aliphatic heterocycles. The maximum absolute atomic E-state index is 10.9. The third-order valence-corrected chi connectivity index (χ3v) is 3.02. The Bertz CT molecular complexity index is 407. The summed E-state index contributed by atoms with van der Waals surface area (Å²) in [6.07, 6.45) is 1.16. The van der Waals surface area contributed by atoms with Crippen molar-refractivity contribution in [2.24, 2.45) is 0 Å². The molecule has 1 aromatic rings. The number of benzene rings is 1. The van der Waals surface area contributed by atoms with Crippen molar-refractivity contribution >= 4 is 30.2 Å². The molecule has 0 N–H and O–H groups in total. The van der Waals surface area contributed by atoms with Gasteiger partial charge in [0.2, 0.25) is 0 Å². The number of halogens is 1. The maximum atomic E-state index is 10.9. The predicted octanol–water partition coefficient (Wildman–Crippen LogP) is 2.42. The lowest BCUT2D eigenvalue weighted by atomic mass is 10.2. The number of hydrogen-bond donors (Lipinski definition) is 0. The van der Waals surface area contributed by atoms with Crippen molar-refractivity contribution in [2.45, 2.75) is 0 Å². The van der Waals surface area contributed by atoms with Gasteiger partial charge in [0.05, 0.1) is 0 Å². The van der Waals surface area contributed by atoms with Gasteiger partial charge in [-0.05, 0) is 21.5 Å². The number of rotatable bonds is 2. The highest BCUT2D eigenvalue weighted by Crippen LogP contribution is 2.21. The third kappa shape index (κ3) is 3.74. The van der Waals surface area contributed by atoms with Crippen LogP contribution in [0.3, 0.4) is 0 Å². The van der Waals surface area contributed by atoms with Crippen LogP contribution in [0, 0.1) is 0 Å². The van der Waals surface area contributed by atoms with E-state index in [2.05, 4.69) is 15.9 Å². The SMILES string of the molecule is CS(=O)(=O)C=C(Br)c1ccccc1. The van der Waals surface area contributed by atoms with Crippen LogP contribution in [0.4, 0.5) is 0 Å². The molecule has 0 atom stereocenters. The van der Waals surface area contributed by atoms with E-state index in [1.54, 1.807) is 0 Å². The molecule has 0 saturated carbocycles. The highest BCUT2D eigenvalue weighted by molar-refractivity contribution is 9.15. The second-order valence-corrected chi connectivity index (χ2v) is 5.41. The van der Waals surface area contributed by atoms with Crippen LogP contribution in [0.2, 0.25) is 0 Å². The lowest BCUT2D eigenvalue weighted by Crippen LogP contribution is -1.89. The Labute approximate surface area is 86.3 Å². The molecule has 0 aliphatic carbocycles. The van der Waals surface area contributed by atoms with Crippen LogP contribution in [0.5, 0.6) is 0 Å².